The molecule has 0 aliphatic heterocycles. The molecule has 0 unspecified atom stereocenters. The Balaban J connectivity index is 0. The zero-order valence-electron chi connectivity index (χ0n) is 4.82. The second kappa shape index (κ2) is 5.27. The van der Waals surface area contributed by atoms with Crippen LogP contribution in [0.15, 0.2) is 18.5 Å². The van der Waals surface area contributed by atoms with Crippen molar-refractivity contribution in [3.8, 4) is 0 Å². The minimum absolute atomic E-state index is 0. The molecule has 0 radical (unpaired) electrons. The molecule has 1 rings (SSSR count). The molecule has 1 aromatic rings. The number of aromatic nitrogens is 2. The second-order valence-electron chi connectivity index (χ2n) is 1.11. The Hall–Kier alpha value is -0.870. The predicted molar refractivity (Wildman–Crippen MR) is 38.7 cm³/mol. The lowest BCUT2D eigenvalue weighted by molar-refractivity contribution is 1.19. The van der Waals surface area contributed by atoms with Gasteiger partial charge in [-0.1, -0.05) is 0 Å². The third-order valence-electron chi connectivity index (χ3n) is 0.586. The van der Waals surface area contributed by atoms with Gasteiger partial charge >= 0.3 is 0 Å². The van der Waals surface area contributed by atoms with Gasteiger partial charge in [0.25, 0.3) is 0 Å². The number of nitrogens with zero attached hydrogens (tertiary/aromatic N) is 2. The van der Waals surface area contributed by atoms with Crippen molar-refractivity contribution in [1.82, 2.24) is 16.1 Å². The average molecular weight is 149 g/mol. The van der Waals surface area contributed by atoms with Gasteiger partial charge in [0.1, 0.15) is 0 Å². The molecular weight excluding hydrogens is 140 g/mol. The minimum atomic E-state index is 0. The molecule has 0 atom stereocenters. The molecule has 0 fully saturated rings. The summed E-state index contributed by atoms with van der Waals surface area (Å²) in [5.41, 5.74) is 5.14. The fourth-order valence-corrected chi connectivity index (χ4v) is 0.311. The number of rotatable bonds is 0. The smallest absolute Gasteiger partial charge is 0.219 e. The summed E-state index contributed by atoms with van der Waals surface area (Å²) in [6.45, 7) is 0. The van der Waals surface area contributed by atoms with Gasteiger partial charge in [-0.2, -0.15) is 0 Å². The number of nitrogen functional groups attached to an aromatic ring is 1. The fourth-order valence-electron chi connectivity index (χ4n) is 0.311. The van der Waals surface area contributed by atoms with E-state index in [-0.39, 0.29) is 18.6 Å². The molecule has 0 saturated heterocycles. The standard InChI is InChI=1S/C4H5N3.ClH.H3N/c5-4-6-2-1-3-7-4;;/h1-3H,(H2,5,6,7);1H;1H3. The Kier molecular flexibility index (Phi) is 6.44. The monoisotopic (exact) mass is 148 g/mol. The number of hydrogen-bond donors (Lipinski definition) is 2. The quantitative estimate of drug-likeness (QED) is 0.565. The zero-order valence-corrected chi connectivity index (χ0v) is 5.64. The highest BCUT2D eigenvalue weighted by atomic mass is 35.5. The number of halogens is 1. The van der Waals surface area contributed by atoms with Crippen LogP contribution in [0.3, 0.4) is 0 Å². The highest BCUT2D eigenvalue weighted by Gasteiger charge is 1.75. The van der Waals surface area contributed by atoms with E-state index in [9.17, 15) is 0 Å². The summed E-state index contributed by atoms with van der Waals surface area (Å²) in [6.07, 6.45) is 3.20. The van der Waals surface area contributed by atoms with Gasteiger partial charge < -0.3 is 11.9 Å². The van der Waals surface area contributed by atoms with Gasteiger partial charge in [-0.15, -0.1) is 12.4 Å². The molecule has 5 heteroatoms. The van der Waals surface area contributed by atoms with Gasteiger partial charge in [-0.25, -0.2) is 9.97 Å². The third-order valence-corrected chi connectivity index (χ3v) is 0.586. The molecular formula is C4H9ClN4. The van der Waals surface area contributed by atoms with Crippen LogP contribution in [0.1, 0.15) is 0 Å². The molecule has 52 valence electrons. The molecule has 0 spiro atoms. The molecule has 0 aliphatic rings. The van der Waals surface area contributed by atoms with Crippen molar-refractivity contribution in [2.24, 2.45) is 0 Å². The SMILES string of the molecule is Cl.N.Nc1ncccn1. The number of hydrogen-bond acceptors (Lipinski definition) is 4. The van der Waals surface area contributed by atoms with Crippen LogP contribution in [-0.4, -0.2) is 9.97 Å². The van der Waals surface area contributed by atoms with E-state index in [1.807, 2.05) is 0 Å². The van der Waals surface area contributed by atoms with Crippen LogP contribution in [0.2, 0.25) is 0 Å². The Morgan fingerprint density at radius 1 is 1.22 bits per heavy atom. The summed E-state index contributed by atoms with van der Waals surface area (Å²) in [5.74, 6) is 0.322. The first-order chi connectivity index (χ1) is 3.39. The molecule has 0 saturated carbocycles. The second-order valence-corrected chi connectivity index (χ2v) is 1.11. The van der Waals surface area contributed by atoms with Crippen molar-refractivity contribution < 1.29 is 0 Å². The average Bonchev–Trinajstić information content (AvgIpc) is 1.69. The normalized spacial score (nSPS) is 6.67. The van der Waals surface area contributed by atoms with Gasteiger partial charge in [-0.3, -0.25) is 0 Å². The van der Waals surface area contributed by atoms with Crippen molar-refractivity contribution >= 4 is 18.4 Å². The lowest BCUT2D eigenvalue weighted by atomic mass is 10.7. The van der Waals surface area contributed by atoms with Crippen LogP contribution in [0.25, 0.3) is 0 Å². The van der Waals surface area contributed by atoms with Crippen LogP contribution < -0.4 is 11.9 Å². The predicted octanol–water partition coefficient (Wildman–Crippen LogP) is 0.643. The maximum atomic E-state index is 5.14. The molecule has 1 heterocycles. The van der Waals surface area contributed by atoms with Gasteiger partial charge in [0.15, 0.2) is 0 Å². The molecule has 9 heavy (non-hydrogen) atoms. The van der Waals surface area contributed by atoms with E-state index < -0.39 is 0 Å². The van der Waals surface area contributed by atoms with Gasteiger partial charge in [0.05, 0.1) is 0 Å². The summed E-state index contributed by atoms with van der Waals surface area (Å²) in [7, 11) is 0. The Morgan fingerprint density at radius 2 is 1.67 bits per heavy atom. The number of nitrogens with two attached hydrogens (primary N) is 1. The number of anilines is 1. The van der Waals surface area contributed by atoms with Gasteiger partial charge in [-0.05, 0) is 6.07 Å². The van der Waals surface area contributed by atoms with Crippen molar-refractivity contribution in [2.75, 3.05) is 5.73 Å². The van der Waals surface area contributed by atoms with E-state index in [0.717, 1.165) is 0 Å². The summed E-state index contributed by atoms with van der Waals surface area (Å²) in [6, 6.07) is 1.72. The van der Waals surface area contributed by atoms with Crippen molar-refractivity contribution in [2.45, 2.75) is 0 Å². The molecule has 5 N–H and O–H groups in total. The molecule has 0 amide bonds. The molecule has 1 aromatic heterocycles. The first-order valence-electron chi connectivity index (χ1n) is 1.92. The maximum Gasteiger partial charge on any atom is 0.219 e. The summed E-state index contributed by atoms with van der Waals surface area (Å²) in [4.78, 5) is 7.29. The van der Waals surface area contributed by atoms with E-state index >= 15 is 0 Å². The van der Waals surface area contributed by atoms with E-state index in [4.69, 9.17) is 5.73 Å². The highest BCUT2D eigenvalue weighted by Crippen LogP contribution is 1.81. The Morgan fingerprint density at radius 3 is 1.89 bits per heavy atom. The first kappa shape index (κ1) is 11.0. The molecule has 0 aromatic carbocycles. The van der Waals surface area contributed by atoms with Crippen LogP contribution in [0.4, 0.5) is 5.95 Å². The van der Waals surface area contributed by atoms with Crippen molar-refractivity contribution in [1.29, 1.82) is 0 Å². The first-order valence-corrected chi connectivity index (χ1v) is 1.92. The topological polar surface area (TPSA) is 86.8 Å². The van der Waals surface area contributed by atoms with Crippen LogP contribution in [0, 0.1) is 0 Å². The lowest BCUT2D eigenvalue weighted by Gasteiger charge is -1.82. The van der Waals surface area contributed by atoms with E-state index in [2.05, 4.69) is 9.97 Å². The zero-order chi connectivity index (χ0) is 5.11. The van der Waals surface area contributed by atoms with Gasteiger partial charge in [0, 0.05) is 12.4 Å². The Bertz CT molecular complexity index is 142. The molecule has 0 aliphatic carbocycles. The van der Waals surface area contributed by atoms with Crippen molar-refractivity contribution in [3.05, 3.63) is 18.5 Å². The van der Waals surface area contributed by atoms with Gasteiger partial charge in [0.2, 0.25) is 5.95 Å². The maximum absolute atomic E-state index is 5.14. The lowest BCUT2D eigenvalue weighted by Crippen LogP contribution is -1.90. The van der Waals surface area contributed by atoms with E-state index in [1.54, 1.807) is 18.5 Å². The summed E-state index contributed by atoms with van der Waals surface area (Å²) >= 11 is 0. The minimum Gasteiger partial charge on any atom is -0.368 e. The largest absolute Gasteiger partial charge is 0.368 e. The third kappa shape index (κ3) is 3.69. The van der Waals surface area contributed by atoms with Crippen LogP contribution >= 0.6 is 12.4 Å². The molecule has 0 bridgehead atoms. The van der Waals surface area contributed by atoms with Crippen LogP contribution in [-0.2, 0) is 0 Å². The summed E-state index contributed by atoms with van der Waals surface area (Å²) < 4.78 is 0. The van der Waals surface area contributed by atoms with Crippen molar-refractivity contribution in [3.63, 3.8) is 0 Å². The van der Waals surface area contributed by atoms with E-state index in [0.29, 0.717) is 5.95 Å². The fraction of sp³-hybridized carbons (Fsp3) is 0. The summed E-state index contributed by atoms with van der Waals surface area (Å²) in [5, 5.41) is 0. The Labute approximate surface area is 59.5 Å². The molecule has 4 nitrogen and oxygen atoms in total. The van der Waals surface area contributed by atoms with E-state index in [1.165, 1.54) is 0 Å². The van der Waals surface area contributed by atoms with Crippen LogP contribution in [0.5, 0.6) is 0 Å². The highest BCUT2D eigenvalue weighted by molar-refractivity contribution is 5.85.